The summed E-state index contributed by atoms with van der Waals surface area (Å²) in [5.74, 6) is -0.645. The van der Waals surface area contributed by atoms with Gasteiger partial charge >= 0.3 is 0 Å². The van der Waals surface area contributed by atoms with Crippen LogP contribution in [0.15, 0.2) is 30.7 Å². The van der Waals surface area contributed by atoms with Crippen molar-refractivity contribution in [1.29, 1.82) is 0 Å². The zero-order valence-electron chi connectivity index (χ0n) is 11.0. The fourth-order valence-electron chi connectivity index (χ4n) is 2.43. The van der Waals surface area contributed by atoms with Crippen LogP contribution >= 0.6 is 0 Å². The van der Waals surface area contributed by atoms with Gasteiger partial charge in [-0.25, -0.2) is 4.98 Å². The van der Waals surface area contributed by atoms with Gasteiger partial charge in [0, 0.05) is 18.4 Å². The predicted molar refractivity (Wildman–Crippen MR) is 73.0 cm³/mol. The Morgan fingerprint density at radius 1 is 1.25 bits per heavy atom. The minimum atomic E-state index is -0.341. The summed E-state index contributed by atoms with van der Waals surface area (Å²) in [4.78, 5) is 29.9. The number of nitrogens with zero attached hydrogens (tertiary/aromatic N) is 3. The molecule has 0 saturated carbocycles. The second-order valence-corrected chi connectivity index (χ2v) is 4.64. The number of imide groups is 1. The van der Waals surface area contributed by atoms with Crippen molar-refractivity contribution in [3.8, 4) is 0 Å². The molecule has 1 aromatic heterocycles. The second kappa shape index (κ2) is 4.48. The molecule has 0 radical (unpaired) electrons. The van der Waals surface area contributed by atoms with Crippen LogP contribution in [-0.2, 0) is 13.1 Å². The van der Waals surface area contributed by atoms with E-state index in [4.69, 9.17) is 5.73 Å². The number of imidazole rings is 1. The zero-order chi connectivity index (χ0) is 14.3. The molecule has 0 aliphatic carbocycles. The van der Waals surface area contributed by atoms with E-state index >= 15 is 0 Å². The zero-order valence-corrected chi connectivity index (χ0v) is 11.0. The number of nitrogens with two attached hydrogens (primary N) is 1. The normalized spacial score (nSPS) is 13.9. The first-order chi connectivity index (χ1) is 9.63. The maximum atomic E-state index is 12.3. The lowest BCUT2D eigenvalue weighted by molar-refractivity contribution is 0.0639. The van der Waals surface area contributed by atoms with E-state index in [9.17, 15) is 9.59 Å². The molecule has 0 unspecified atom stereocenters. The Kier molecular flexibility index (Phi) is 2.78. The molecule has 1 aliphatic rings. The summed E-state index contributed by atoms with van der Waals surface area (Å²) < 4.78 is 1.90. The van der Waals surface area contributed by atoms with E-state index in [0.29, 0.717) is 16.8 Å². The molecular weight excluding hydrogens is 256 g/mol. The molecule has 102 valence electrons. The third kappa shape index (κ3) is 1.69. The maximum absolute atomic E-state index is 12.3. The number of rotatable bonds is 3. The summed E-state index contributed by atoms with van der Waals surface area (Å²) in [5, 5.41) is 0. The van der Waals surface area contributed by atoms with Gasteiger partial charge in [0.05, 0.1) is 29.7 Å². The number of carbonyl (C=O) groups excluding carboxylic acids is 2. The Balaban J connectivity index is 1.96. The average molecular weight is 270 g/mol. The molecule has 2 amide bonds. The number of nitrogen functional groups attached to an aromatic ring is 1. The molecular formula is C14H14N4O2. The third-order valence-corrected chi connectivity index (χ3v) is 3.49. The maximum Gasteiger partial charge on any atom is 0.264 e. The summed E-state index contributed by atoms with van der Waals surface area (Å²) in [6.07, 6.45) is 3.35. The van der Waals surface area contributed by atoms with Gasteiger partial charge < -0.3 is 10.3 Å². The number of aryl methyl sites for hydroxylation is 1. The summed E-state index contributed by atoms with van der Waals surface area (Å²) in [6.45, 7) is 2.92. The lowest BCUT2D eigenvalue weighted by Gasteiger charge is -2.14. The molecule has 2 aromatic rings. The van der Waals surface area contributed by atoms with Gasteiger partial charge in [0.25, 0.3) is 11.8 Å². The van der Waals surface area contributed by atoms with Crippen LogP contribution in [0, 0.1) is 0 Å². The van der Waals surface area contributed by atoms with Crippen LogP contribution < -0.4 is 5.73 Å². The molecule has 0 atom stereocenters. The van der Waals surface area contributed by atoms with Crippen molar-refractivity contribution in [2.45, 2.75) is 20.0 Å². The summed E-state index contributed by atoms with van der Waals surface area (Å²) >= 11 is 0. The Hall–Kier alpha value is -2.63. The fraction of sp³-hybridized carbons (Fsp3) is 0.214. The molecule has 0 saturated heterocycles. The Morgan fingerprint density at radius 3 is 2.75 bits per heavy atom. The molecule has 6 nitrogen and oxygen atoms in total. The van der Waals surface area contributed by atoms with Crippen LogP contribution in [0.5, 0.6) is 0 Å². The van der Waals surface area contributed by atoms with Crippen molar-refractivity contribution < 1.29 is 9.59 Å². The van der Waals surface area contributed by atoms with Crippen molar-refractivity contribution in [3.63, 3.8) is 0 Å². The van der Waals surface area contributed by atoms with Gasteiger partial charge in [-0.2, -0.15) is 0 Å². The van der Waals surface area contributed by atoms with Crippen molar-refractivity contribution in [1.82, 2.24) is 14.5 Å². The van der Waals surface area contributed by atoms with Crippen LogP contribution in [0.2, 0.25) is 0 Å². The first kappa shape index (κ1) is 12.4. The van der Waals surface area contributed by atoms with Crippen molar-refractivity contribution in [2.24, 2.45) is 0 Å². The van der Waals surface area contributed by atoms with Gasteiger partial charge in [-0.05, 0) is 19.1 Å². The van der Waals surface area contributed by atoms with E-state index in [1.54, 1.807) is 30.7 Å². The number of anilines is 1. The standard InChI is InChI=1S/C14H14N4O2/c1-2-17-8-16-6-9(17)7-18-13(19)10-4-3-5-11(15)12(10)14(18)20/h3-6,8H,2,7,15H2,1H3. The Labute approximate surface area is 115 Å². The molecule has 2 N–H and O–H groups in total. The first-order valence-electron chi connectivity index (χ1n) is 6.37. The molecule has 1 aliphatic heterocycles. The topological polar surface area (TPSA) is 81.2 Å². The lowest BCUT2D eigenvalue weighted by Crippen LogP contribution is -2.30. The molecule has 3 rings (SSSR count). The highest BCUT2D eigenvalue weighted by atomic mass is 16.2. The van der Waals surface area contributed by atoms with Gasteiger partial charge in [-0.1, -0.05) is 6.07 Å². The monoisotopic (exact) mass is 270 g/mol. The first-order valence-corrected chi connectivity index (χ1v) is 6.37. The SMILES string of the molecule is CCn1cncc1CN1C(=O)c2cccc(N)c2C1=O. The number of hydrogen-bond donors (Lipinski definition) is 1. The van der Waals surface area contributed by atoms with Crippen molar-refractivity contribution in [2.75, 3.05) is 5.73 Å². The Morgan fingerprint density at radius 2 is 2.05 bits per heavy atom. The van der Waals surface area contributed by atoms with Crippen molar-refractivity contribution in [3.05, 3.63) is 47.5 Å². The molecule has 1 aromatic carbocycles. The highest BCUT2D eigenvalue weighted by Crippen LogP contribution is 2.28. The van der Waals surface area contributed by atoms with E-state index in [0.717, 1.165) is 12.2 Å². The minimum Gasteiger partial charge on any atom is -0.398 e. The number of hydrogen-bond acceptors (Lipinski definition) is 4. The molecule has 0 bridgehead atoms. The molecule has 0 spiro atoms. The molecule has 0 fully saturated rings. The quantitative estimate of drug-likeness (QED) is 0.673. The number of aromatic nitrogens is 2. The minimum absolute atomic E-state index is 0.208. The van der Waals surface area contributed by atoms with E-state index in [-0.39, 0.29) is 18.4 Å². The smallest absolute Gasteiger partial charge is 0.264 e. The number of amides is 2. The van der Waals surface area contributed by atoms with Gasteiger partial charge in [-0.3, -0.25) is 14.5 Å². The molecule has 2 heterocycles. The summed E-state index contributed by atoms with van der Waals surface area (Å²) in [6, 6.07) is 4.94. The van der Waals surface area contributed by atoms with Crippen LogP contribution in [-0.4, -0.2) is 26.3 Å². The van der Waals surface area contributed by atoms with Gasteiger partial charge in [-0.15, -0.1) is 0 Å². The van der Waals surface area contributed by atoms with Gasteiger partial charge in [0.1, 0.15) is 0 Å². The van der Waals surface area contributed by atoms with E-state index in [2.05, 4.69) is 4.98 Å². The van der Waals surface area contributed by atoms with Crippen molar-refractivity contribution >= 4 is 17.5 Å². The highest BCUT2D eigenvalue weighted by Gasteiger charge is 2.37. The lowest BCUT2D eigenvalue weighted by atomic mass is 10.1. The average Bonchev–Trinajstić information content (AvgIpc) is 2.98. The predicted octanol–water partition coefficient (Wildman–Crippen LogP) is 1.28. The summed E-state index contributed by atoms with van der Waals surface area (Å²) in [5.41, 5.74) is 7.64. The van der Waals surface area contributed by atoms with E-state index in [1.807, 2.05) is 11.5 Å². The van der Waals surface area contributed by atoms with Crippen LogP contribution in [0.1, 0.15) is 33.3 Å². The van der Waals surface area contributed by atoms with E-state index in [1.165, 1.54) is 4.90 Å². The number of carbonyl (C=O) groups is 2. The van der Waals surface area contributed by atoms with Gasteiger partial charge in [0.15, 0.2) is 0 Å². The fourth-order valence-corrected chi connectivity index (χ4v) is 2.43. The molecule has 20 heavy (non-hydrogen) atoms. The van der Waals surface area contributed by atoms with E-state index < -0.39 is 0 Å². The third-order valence-electron chi connectivity index (χ3n) is 3.49. The number of benzene rings is 1. The van der Waals surface area contributed by atoms with Crippen LogP contribution in [0.25, 0.3) is 0 Å². The van der Waals surface area contributed by atoms with Crippen LogP contribution in [0.3, 0.4) is 0 Å². The van der Waals surface area contributed by atoms with Gasteiger partial charge in [0.2, 0.25) is 0 Å². The highest BCUT2D eigenvalue weighted by molar-refractivity contribution is 6.23. The Bertz CT molecular complexity index is 705. The van der Waals surface area contributed by atoms with Crippen LogP contribution in [0.4, 0.5) is 5.69 Å². The molecule has 6 heteroatoms. The second-order valence-electron chi connectivity index (χ2n) is 4.64. The number of fused-ring (bicyclic) bond motifs is 1. The summed E-state index contributed by atoms with van der Waals surface area (Å²) in [7, 11) is 0. The largest absolute Gasteiger partial charge is 0.398 e.